The fourth-order valence-corrected chi connectivity index (χ4v) is 3.03. The van der Waals surface area contributed by atoms with Gasteiger partial charge in [-0.05, 0) is 25.1 Å². The van der Waals surface area contributed by atoms with Crippen molar-refractivity contribution in [1.82, 2.24) is 9.97 Å². The second-order valence-electron chi connectivity index (χ2n) is 4.64. The number of fused-ring (bicyclic) bond motifs is 1. The molecule has 22 heavy (non-hydrogen) atoms. The van der Waals surface area contributed by atoms with Crippen LogP contribution in [0, 0.1) is 6.92 Å². The van der Waals surface area contributed by atoms with Crippen LogP contribution in [0.1, 0.15) is 22.1 Å². The standard InChI is InChI=1S/C16H14N2O3S/c1-10-17-13-6-4-3-5-12(13)15(18-10)22-9-11-7-8-14(21-11)16(19)20-2/h3-8H,9H2,1-2H3. The van der Waals surface area contributed by atoms with Crippen LogP contribution in [0.25, 0.3) is 10.9 Å². The second kappa shape index (κ2) is 6.19. The largest absolute Gasteiger partial charge is 0.463 e. The van der Waals surface area contributed by atoms with Crippen LogP contribution in [0.5, 0.6) is 0 Å². The van der Waals surface area contributed by atoms with Crippen molar-refractivity contribution in [3.8, 4) is 0 Å². The summed E-state index contributed by atoms with van der Waals surface area (Å²) in [5, 5.41) is 1.91. The topological polar surface area (TPSA) is 65.2 Å². The van der Waals surface area contributed by atoms with Gasteiger partial charge in [-0.25, -0.2) is 14.8 Å². The average molecular weight is 314 g/mol. The molecule has 1 aromatic carbocycles. The molecule has 3 aromatic rings. The molecule has 0 saturated heterocycles. The van der Waals surface area contributed by atoms with Gasteiger partial charge in [0.2, 0.25) is 5.76 Å². The molecule has 0 fully saturated rings. The van der Waals surface area contributed by atoms with Gasteiger partial charge in [0.05, 0.1) is 18.4 Å². The molecule has 0 aliphatic heterocycles. The minimum Gasteiger partial charge on any atom is -0.463 e. The van der Waals surface area contributed by atoms with Crippen molar-refractivity contribution >= 4 is 28.6 Å². The van der Waals surface area contributed by atoms with E-state index in [-0.39, 0.29) is 5.76 Å². The van der Waals surface area contributed by atoms with E-state index in [4.69, 9.17) is 4.42 Å². The number of carbonyl (C=O) groups is 1. The molecule has 0 saturated carbocycles. The number of benzene rings is 1. The highest BCUT2D eigenvalue weighted by molar-refractivity contribution is 7.98. The van der Waals surface area contributed by atoms with Crippen molar-refractivity contribution in [2.45, 2.75) is 17.7 Å². The fourth-order valence-electron chi connectivity index (χ4n) is 2.07. The molecule has 2 aromatic heterocycles. The molecule has 5 nitrogen and oxygen atoms in total. The summed E-state index contributed by atoms with van der Waals surface area (Å²) in [7, 11) is 1.33. The number of aromatic nitrogens is 2. The van der Waals surface area contributed by atoms with Gasteiger partial charge in [-0.3, -0.25) is 0 Å². The molecule has 0 radical (unpaired) electrons. The third-order valence-electron chi connectivity index (χ3n) is 3.08. The summed E-state index contributed by atoms with van der Waals surface area (Å²) in [4.78, 5) is 20.3. The van der Waals surface area contributed by atoms with Gasteiger partial charge in [-0.2, -0.15) is 0 Å². The molecule has 3 rings (SSSR count). The third kappa shape index (κ3) is 2.96. The number of furan rings is 1. The van der Waals surface area contributed by atoms with Crippen molar-refractivity contribution in [2.75, 3.05) is 7.11 Å². The minimum absolute atomic E-state index is 0.210. The van der Waals surface area contributed by atoms with Crippen LogP contribution in [0.3, 0.4) is 0 Å². The van der Waals surface area contributed by atoms with Crippen LogP contribution in [0.15, 0.2) is 45.8 Å². The summed E-state index contributed by atoms with van der Waals surface area (Å²) < 4.78 is 10.1. The Balaban J connectivity index is 1.82. The Hall–Kier alpha value is -2.34. The van der Waals surface area contributed by atoms with E-state index in [1.165, 1.54) is 7.11 Å². The van der Waals surface area contributed by atoms with E-state index in [1.807, 2.05) is 31.2 Å². The fraction of sp³-hybridized carbons (Fsp3) is 0.188. The molecule has 0 atom stereocenters. The maximum absolute atomic E-state index is 11.4. The number of hydrogen-bond donors (Lipinski definition) is 0. The smallest absolute Gasteiger partial charge is 0.373 e. The van der Waals surface area contributed by atoms with Gasteiger partial charge in [0, 0.05) is 5.39 Å². The first kappa shape index (κ1) is 14.6. The van der Waals surface area contributed by atoms with E-state index in [0.717, 1.165) is 21.8 Å². The number of hydrogen-bond acceptors (Lipinski definition) is 6. The first-order valence-electron chi connectivity index (χ1n) is 6.70. The monoisotopic (exact) mass is 314 g/mol. The van der Waals surface area contributed by atoms with Crippen LogP contribution in [0.4, 0.5) is 0 Å². The number of nitrogens with zero attached hydrogens (tertiary/aromatic N) is 2. The van der Waals surface area contributed by atoms with Crippen molar-refractivity contribution in [2.24, 2.45) is 0 Å². The van der Waals surface area contributed by atoms with Gasteiger partial charge in [0.1, 0.15) is 16.6 Å². The van der Waals surface area contributed by atoms with Gasteiger partial charge in [-0.15, -0.1) is 0 Å². The summed E-state index contributed by atoms with van der Waals surface area (Å²) in [5.41, 5.74) is 0.923. The number of carbonyl (C=O) groups excluding carboxylic acids is 1. The first-order valence-corrected chi connectivity index (χ1v) is 7.69. The molecule has 0 N–H and O–H groups in total. The Morgan fingerprint density at radius 1 is 1.23 bits per heavy atom. The number of para-hydroxylation sites is 1. The number of esters is 1. The van der Waals surface area contributed by atoms with E-state index in [9.17, 15) is 4.79 Å². The lowest BCUT2D eigenvalue weighted by molar-refractivity contribution is 0.0563. The molecule has 2 heterocycles. The molecule has 0 aliphatic carbocycles. The van der Waals surface area contributed by atoms with Crippen LogP contribution in [-0.4, -0.2) is 23.0 Å². The molecular weight excluding hydrogens is 300 g/mol. The molecule has 0 amide bonds. The van der Waals surface area contributed by atoms with Crippen molar-refractivity contribution < 1.29 is 13.9 Å². The zero-order valence-corrected chi connectivity index (χ0v) is 13.0. The van der Waals surface area contributed by atoms with E-state index >= 15 is 0 Å². The SMILES string of the molecule is COC(=O)c1ccc(CSc2nc(C)nc3ccccc23)o1. The van der Waals surface area contributed by atoms with Gasteiger partial charge in [0.25, 0.3) is 0 Å². The lowest BCUT2D eigenvalue weighted by atomic mass is 10.2. The van der Waals surface area contributed by atoms with Crippen LogP contribution >= 0.6 is 11.8 Å². The van der Waals surface area contributed by atoms with Crippen LogP contribution < -0.4 is 0 Å². The van der Waals surface area contributed by atoms with Gasteiger partial charge in [-0.1, -0.05) is 30.0 Å². The van der Waals surface area contributed by atoms with Crippen molar-refractivity contribution in [1.29, 1.82) is 0 Å². The Bertz CT molecular complexity index is 829. The van der Waals surface area contributed by atoms with E-state index < -0.39 is 5.97 Å². The predicted molar refractivity (Wildman–Crippen MR) is 83.9 cm³/mol. The van der Waals surface area contributed by atoms with Crippen molar-refractivity contribution in [3.63, 3.8) is 0 Å². The van der Waals surface area contributed by atoms with Crippen LogP contribution in [-0.2, 0) is 10.5 Å². The third-order valence-corrected chi connectivity index (χ3v) is 4.09. The average Bonchev–Trinajstić information content (AvgIpc) is 3.00. The molecule has 0 spiro atoms. The molecule has 6 heteroatoms. The maximum Gasteiger partial charge on any atom is 0.373 e. The summed E-state index contributed by atoms with van der Waals surface area (Å²) in [6, 6.07) is 11.3. The Labute approximate surface area is 131 Å². The number of methoxy groups -OCH3 is 1. The number of ether oxygens (including phenoxy) is 1. The minimum atomic E-state index is -0.473. The normalized spacial score (nSPS) is 10.8. The molecule has 0 bridgehead atoms. The van der Waals surface area contributed by atoms with Gasteiger partial charge >= 0.3 is 5.97 Å². The number of aryl methyl sites for hydroxylation is 1. The lowest BCUT2D eigenvalue weighted by Gasteiger charge is -2.05. The van der Waals surface area contributed by atoms with E-state index in [1.54, 1.807) is 23.9 Å². The zero-order chi connectivity index (χ0) is 15.5. The Kier molecular flexibility index (Phi) is 4.11. The first-order chi connectivity index (χ1) is 10.7. The van der Waals surface area contributed by atoms with Gasteiger partial charge < -0.3 is 9.15 Å². The highest BCUT2D eigenvalue weighted by Gasteiger charge is 2.12. The van der Waals surface area contributed by atoms with Crippen molar-refractivity contribution in [3.05, 3.63) is 53.7 Å². The Morgan fingerprint density at radius 2 is 2.05 bits per heavy atom. The molecular formula is C16H14N2O3S. The highest BCUT2D eigenvalue weighted by atomic mass is 32.2. The number of thioether (sulfide) groups is 1. The van der Waals surface area contributed by atoms with Gasteiger partial charge in [0.15, 0.2) is 0 Å². The zero-order valence-electron chi connectivity index (χ0n) is 12.2. The quantitative estimate of drug-likeness (QED) is 0.416. The lowest BCUT2D eigenvalue weighted by Crippen LogP contribution is -1.98. The van der Waals surface area contributed by atoms with E-state index in [2.05, 4.69) is 14.7 Å². The summed E-state index contributed by atoms with van der Waals surface area (Å²) >= 11 is 1.55. The van der Waals surface area contributed by atoms with E-state index in [0.29, 0.717) is 11.5 Å². The Morgan fingerprint density at radius 3 is 2.86 bits per heavy atom. The van der Waals surface area contributed by atoms with Crippen LogP contribution in [0.2, 0.25) is 0 Å². The molecule has 0 unspecified atom stereocenters. The summed E-state index contributed by atoms with van der Waals surface area (Å²) in [6.07, 6.45) is 0. The predicted octanol–water partition coefficient (Wildman–Crippen LogP) is 3.61. The maximum atomic E-state index is 11.4. The summed E-state index contributed by atoms with van der Waals surface area (Å²) in [5.74, 6) is 1.75. The summed E-state index contributed by atoms with van der Waals surface area (Å²) in [6.45, 7) is 1.87. The highest BCUT2D eigenvalue weighted by Crippen LogP contribution is 2.28. The number of rotatable bonds is 4. The second-order valence-corrected chi connectivity index (χ2v) is 5.60. The molecule has 112 valence electrons. The molecule has 0 aliphatic rings.